The molecule has 1 amide bonds. The van der Waals surface area contributed by atoms with Crippen LogP contribution < -0.4 is 5.32 Å². The third-order valence-electron chi connectivity index (χ3n) is 5.00. The average molecular weight is 419 g/mol. The normalized spacial score (nSPS) is 11.9. The Bertz CT molecular complexity index is 1220. The topological polar surface area (TPSA) is 113 Å². The van der Waals surface area contributed by atoms with Gasteiger partial charge >= 0.3 is 11.9 Å². The van der Waals surface area contributed by atoms with Gasteiger partial charge in [0.05, 0.1) is 7.11 Å². The van der Waals surface area contributed by atoms with E-state index in [1.54, 1.807) is 12.3 Å². The number of rotatable bonds is 7. The van der Waals surface area contributed by atoms with E-state index < -0.39 is 30.5 Å². The van der Waals surface area contributed by atoms with Gasteiger partial charge in [-0.1, -0.05) is 36.4 Å². The lowest BCUT2D eigenvalue weighted by Gasteiger charge is -2.16. The molecule has 0 spiro atoms. The molecule has 0 fully saturated rings. The quantitative estimate of drug-likeness (QED) is 0.399. The van der Waals surface area contributed by atoms with Gasteiger partial charge < -0.3 is 24.8 Å². The highest BCUT2D eigenvalue weighted by Gasteiger charge is 2.24. The second-order valence-corrected chi connectivity index (χ2v) is 7.05. The number of esters is 2. The smallest absolute Gasteiger partial charge is 0.355 e. The predicted molar refractivity (Wildman–Crippen MR) is 115 cm³/mol. The van der Waals surface area contributed by atoms with Crippen LogP contribution in [0.1, 0.15) is 16.1 Å². The molecule has 158 valence electrons. The Kier molecular flexibility index (Phi) is 5.70. The zero-order chi connectivity index (χ0) is 21.8. The number of hydrogen-bond acceptors (Lipinski definition) is 5. The third-order valence-corrected chi connectivity index (χ3v) is 5.00. The number of carbonyl (C=O) groups is 3. The summed E-state index contributed by atoms with van der Waals surface area (Å²) in [7, 11) is 1.26. The van der Waals surface area contributed by atoms with Crippen molar-refractivity contribution in [2.75, 3.05) is 13.7 Å². The van der Waals surface area contributed by atoms with Crippen LogP contribution in [-0.2, 0) is 25.5 Å². The van der Waals surface area contributed by atoms with Gasteiger partial charge in [-0.2, -0.15) is 0 Å². The van der Waals surface area contributed by atoms with Gasteiger partial charge in [-0.3, -0.25) is 4.79 Å². The van der Waals surface area contributed by atoms with Crippen molar-refractivity contribution < 1.29 is 23.9 Å². The molecular formula is C23H21N3O5. The van der Waals surface area contributed by atoms with Crippen molar-refractivity contribution in [3.8, 4) is 0 Å². The van der Waals surface area contributed by atoms with Crippen molar-refractivity contribution in [2.24, 2.45) is 0 Å². The molecule has 31 heavy (non-hydrogen) atoms. The first-order chi connectivity index (χ1) is 15.0. The summed E-state index contributed by atoms with van der Waals surface area (Å²) in [4.78, 5) is 42.9. The van der Waals surface area contributed by atoms with E-state index in [1.165, 1.54) is 7.11 Å². The molecule has 1 atom stereocenters. The third kappa shape index (κ3) is 4.42. The first-order valence-electron chi connectivity index (χ1n) is 9.72. The number of nitrogens with one attached hydrogen (secondary N) is 3. The van der Waals surface area contributed by atoms with E-state index in [9.17, 15) is 14.4 Å². The molecule has 0 bridgehead atoms. The van der Waals surface area contributed by atoms with Crippen LogP contribution >= 0.6 is 0 Å². The molecule has 0 aliphatic carbocycles. The zero-order valence-corrected chi connectivity index (χ0v) is 16.8. The lowest BCUT2D eigenvalue weighted by atomic mass is 10.0. The fourth-order valence-electron chi connectivity index (χ4n) is 3.48. The van der Waals surface area contributed by atoms with Gasteiger partial charge in [-0.05, 0) is 23.8 Å². The van der Waals surface area contributed by atoms with E-state index in [0.29, 0.717) is 0 Å². The van der Waals surface area contributed by atoms with Crippen LogP contribution in [0.4, 0.5) is 0 Å². The van der Waals surface area contributed by atoms with Crippen LogP contribution in [0.25, 0.3) is 21.8 Å². The summed E-state index contributed by atoms with van der Waals surface area (Å²) in [6.07, 6.45) is 2.03. The fraction of sp³-hybridized carbons (Fsp3) is 0.174. The number of carbonyl (C=O) groups excluding carboxylic acids is 3. The Balaban J connectivity index is 1.39. The fourth-order valence-corrected chi connectivity index (χ4v) is 3.48. The first-order valence-corrected chi connectivity index (χ1v) is 9.72. The van der Waals surface area contributed by atoms with Crippen LogP contribution in [0.5, 0.6) is 0 Å². The maximum absolute atomic E-state index is 12.4. The van der Waals surface area contributed by atoms with Crippen molar-refractivity contribution >= 4 is 39.7 Å². The molecule has 0 aliphatic heterocycles. The van der Waals surface area contributed by atoms with Gasteiger partial charge in [-0.15, -0.1) is 0 Å². The molecule has 8 nitrogen and oxygen atoms in total. The molecule has 8 heteroatoms. The van der Waals surface area contributed by atoms with Crippen LogP contribution in [0, 0.1) is 0 Å². The van der Waals surface area contributed by atoms with E-state index in [1.807, 2.05) is 48.5 Å². The molecule has 2 aromatic carbocycles. The van der Waals surface area contributed by atoms with Crippen LogP contribution in [0.3, 0.4) is 0 Å². The summed E-state index contributed by atoms with van der Waals surface area (Å²) >= 11 is 0. The maximum Gasteiger partial charge on any atom is 0.355 e. The first kappa shape index (κ1) is 20.2. The Morgan fingerprint density at radius 1 is 1.03 bits per heavy atom. The number of H-pyrrole nitrogens is 2. The van der Waals surface area contributed by atoms with Gasteiger partial charge in [0.2, 0.25) is 0 Å². The lowest BCUT2D eigenvalue weighted by Crippen LogP contribution is -2.44. The van der Waals surface area contributed by atoms with Gasteiger partial charge in [-0.25, -0.2) is 9.59 Å². The highest BCUT2D eigenvalue weighted by molar-refractivity contribution is 5.96. The zero-order valence-electron chi connectivity index (χ0n) is 16.8. The summed E-state index contributed by atoms with van der Waals surface area (Å²) in [6, 6.07) is 15.8. The molecular weight excluding hydrogens is 398 g/mol. The SMILES string of the molecule is COC(=O)[C@H](Cc1c[nH]c2ccccc12)NC(=O)COC(=O)c1cc2ccccc2[nH]1. The summed E-state index contributed by atoms with van der Waals surface area (Å²) in [5.74, 6) is -1.84. The van der Waals surface area contributed by atoms with Crippen LogP contribution in [0.2, 0.25) is 0 Å². The summed E-state index contributed by atoms with van der Waals surface area (Å²) in [5, 5.41) is 4.41. The van der Waals surface area contributed by atoms with Gasteiger partial charge in [0.1, 0.15) is 11.7 Å². The molecule has 0 radical (unpaired) electrons. The Hall–Kier alpha value is -4.07. The molecule has 0 unspecified atom stereocenters. The summed E-state index contributed by atoms with van der Waals surface area (Å²) in [6.45, 7) is -0.518. The minimum atomic E-state index is -0.913. The van der Waals surface area contributed by atoms with E-state index in [0.717, 1.165) is 27.4 Å². The molecule has 0 saturated carbocycles. The van der Waals surface area contributed by atoms with Crippen LogP contribution in [0.15, 0.2) is 60.8 Å². The Morgan fingerprint density at radius 3 is 2.55 bits per heavy atom. The molecule has 4 rings (SSSR count). The average Bonchev–Trinajstić information content (AvgIpc) is 3.41. The standard InChI is InChI=1S/C23H21N3O5/c1-30-22(28)19(11-15-12-24-18-9-5-3-7-16(15)18)26-21(27)13-31-23(29)20-10-14-6-2-4-8-17(14)25-20/h2-10,12,19,24-25H,11,13H2,1H3,(H,26,27)/t19-/m0/s1. The number of aromatic nitrogens is 2. The highest BCUT2D eigenvalue weighted by atomic mass is 16.5. The van der Waals surface area contributed by atoms with E-state index in [2.05, 4.69) is 15.3 Å². The molecule has 3 N–H and O–H groups in total. The maximum atomic E-state index is 12.4. The lowest BCUT2D eigenvalue weighted by molar-refractivity contribution is -0.145. The number of fused-ring (bicyclic) bond motifs is 2. The number of aromatic amines is 2. The van der Waals surface area contributed by atoms with Crippen LogP contribution in [-0.4, -0.2) is 47.6 Å². The predicted octanol–water partition coefficient (Wildman–Crippen LogP) is 2.71. The minimum absolute atomic E-state index is 0.235. The Labute approximate surface area is 177 Å². The number of hydrogen-bond donors (Lipinski definition) is 3. The molecule has 2 aromatic heterocycles. The molecule has 0 saturated heterocycles. The number of methoxy groups -OCH3 is 1. The number of para-hydroxylation sites is 2. The summed E-state index contributed by atoms with van der Waals surface area (Å²) < 4.78 is 9.92. The second kappa shape index (κ2) is 8.74. The van der Waals surface area contributed by atoms with Gasteiger partial charge in [0.25, 0.3) is 5.91 Å². The summed E-state index contributed by atoms with van der Waals surface area (Å²) in [5.41, 5.74) is 2.83. The van der Waals surface area contributed by atoms with Crippen molar-refractivity contribution in [1.29, 1.82) is 0 Å². The highest BCUT2D eigenvalue weighted by Crippen LogP contribution is 2.19. The second-order valence-electron chi connectivity index (χ2n) is 7.05. The number of benzene rings is 2. The van der Waals surface area contributed by atoms with E-state index >= 15 is 0 Å². The van der Waals surface area contributed by atoms with Crippen molar-refractivity contribution in [3.05, 3.63) is 72.1 Å². The Morgan fingerprint density at radius 2 is 1.77 bits per heavy atom. The van der Waals surface area contributed by atoms with Crippen molar-refractivity contribution in [3.63, 3.8) is 0 Å². The molecule has 4 aromatic rings. The largest absolute Gasteiger partial charge is 0.467 e. The number of ether oxygens (including phenoxy) is 2. The van der Waals surface area contributed by atoms with Gasteiger partial charge in [0.15, 0.2) is 6.61 Å². The van der Waals surface area contributed by atoms with E-state index in [-0.39, 0.29) is 12.1 Å². The van der Waals surface area contributed by atoms with Gasteiger partial charge in [0, 0.05) is 34.4 Å². The number of amides is 1. The molecule has 2 heterocycles. The van der Waals surface area contributed by atoms with Crippen molar-refractivity contribution in [2.45, 2.75) is 12.5 Å². The monoisotopic (exact) mass is 419 g/mol. The molecule has 0 aliphatic rings. The van der Waals surface area contributed by atoms with E-state index in [4.69, 9.17) is 9.47 Å². The van der Waals surface area contributed by atoms with Crippen molar-refractivity contribution in [1.82, 2.24) is 15.3 Å². The minimum Gasteiger partial charge on any atom is -0.467 e.